The Morgan fingerprint density at radius 1 is 1.61 bits per heavy atom. The molecule has 2 rings (SSSR count). The summed E-state index contributed by atoms with van der Waals surface area (Å²) in [6, 6.07) is 0. The molecule has 2 heterocycles. The number of carbonyl (C=O) groups is 1. The van der Waals surface area contributed by atoms with Crippen molar-refractivity contribution >= 4 is 11.6 Å². The number of carbonyl (C=O) groups excluding carboxylic acids is 1. The topological polar surface area (TPSA) is 84.4 Å². The van der Waals surface area contributed by atoms with Crippen LogP contribution in [0.3, 0.4) is 0 Å². The van der Waals surface area contributed by atoms with E-state index in [0.717, 1.165) is 6.42 Å². The molecule has 1 aliphatic heterocycles. The second-order valence-electron chi connectivity index (χ2n) is 4.75. The maximum absolute atomic E-state index is 12.4. The van der Waals surface area contributed by atoms with E-state index in [4.69, 9.17) is 10.8 Å². The lowest BCUT2D eigenvalue weighted by molar-refractivity contribution is 0.0770. The van der Waals surface area contributed by atoms with Gasteiger partial charge < -0.3 is 15.7 Å². The molecule has 1 amide bonds. The number of likely N-dealkylation sites (tertiary alicyclic amines) is 1. The van der Waals surface area contributed by atoms with Gasteiger partial charge in [0.2, 0.25) is 0 Å². The Hall–Kier alpha value is -1.56. The normalized spacial score (nSPS) is 19.5. The number of nitrogens with two attached hydrogens (primary N) is 1. The van der Waals surface area contributed by atoms with Crippen LogP contribution in [0.15, 0.2) is 0 Å². The fourth-order valence-electron chi connectivity index (χ4n) is 2.37. The van der Waals surface area contributed by atoms with E-state index in [0.29, 0.717) is 36.7 Å². The first-order valence-corrected chi connectivity index (χ1v) is 6.31. The van der Waals surface area contributed by atoms with Gasteiger partial charge in [-0.25, -0.2) is 0 Å². The number of aliphatic hydroxyl groups excluding tert-OH is 1. The van der Waals surface area contributed by atoms with Gasteiger partial charge in [-0.2, -0.15) is 5.10 Å². The number of aryl methyl sites for hydroxylation is 2. The third kappa shape index (κ3) is 2.08. The molecule has 1 aliphatic rings. The predicted molar refractivity (Wildman–Crippen MR) is 68.1 cm³/mol. The number of aliphatic hydroxyl groups is 1. The zero-order valence-electron chi connectivity index (χ0n) is 10.9. The van der Waals surface area contributed by atoms with Crippen LogP contribution < -0.4 is 5.73 Å². The van der Waals surface area contributed by atoms with Crippen LogP contribution in [-0.4, -0.2) is 45.4 Å². The third-order valence-corrected chi connectivity index (χ3v) is 3.51. The van der Waals surface area contributed by atoms with Crippen LogP contribution in [0.5, 0.6) is 0 Å². The van der Waals surface area contributed by atoms with Gasteiger partial charge in [0, 0.05) is 32.2 Å². The van der Waals surface area contributed by atoms with Crippen LogP contribution in [-0.2, 0) is 6.54 Å². The molecule has 6 heteroatoms. The van der Waals surface area contributed by atoms with E-state index in [1.165, 1.54) is 0 Å². The maximum Gasteiger partial charge on any atom is 0.274 e. The minimum absolute atomic E-state index is 0.0779. The zero-order chi connectivity index (χ0) is 13.3. The summed E-state index contributed by atoms with van der Waals surface area (Å²) >= 11 is 0. The molecular weight excluding hydrogens is 232 g/mol. The smallest absolute Gasteiger partial charge is 0.274 e. The van der Waals surface area contributed by atoms with Crippen LogP contribution in [0.25, 0.3) is 0 Å². The van der Waals surface area contributed by atoms with Gasteiger partial charge in [-0.05, 0) is 20.3 Å². The minimum Gasteiger partial charge on any atom is -0.396 e. The Balaban J connectivity index is 2.24. The quantitative estimate of drug-likeness (QED) is 0.807. The summed E-state index contributed by atoms with van der Waals surface area (Å²) in [5, 5.41) is 13.4. The molecular formula is C12H20N4O2. The van der Waals surface area contributed by atoms with E-state index in [2.05, 4.69) is 5.10 Å². The fourth-order valence-corrected chi connectivity index (χ4v) is 2.37. The van der Waals surface area contributed by atoms with Crippen LogP contribution in [0.1, 0.15) is 29.5 Å². The van der Waals surface area contributed by atoms with Gasteiger partial charge in [0.05, 0.1) is 11.4 Å². The highest BCUT2D eigenvalue weighted by Gasteiger charge is 2.30. The predicted octanol–water partition coefficient (Wildman–Crippen LogP) is 0.248. The molecule has 0 aliphatic carbocycles. The van der Waals surface area contributed by atoms with Crippen molar-refractivity contribution in [3.05, 3.63) is 11.4 Å². The molecule has 1 saturated heterocycles. The molecule has 1 fully saturated rings. The number of amides is 1. The molecule has 0 saturated carbocycles. The van der Waals surface area contributed by atoms with Crippen LogP contribution in [0.2, 0.25) is 0 Å². The monoisotopic (exact) mass is 252 g/mol. The highest BCUT2D eigenvalue weighted by molar-refractivity contribution is 5.98. The Bertz CT molecular complexity index is 455. The lowest BCUT2D eigenvalue weighted by Crippen LogP contribution is -2.31. The SMILES string of the molecule is CCn1nc(C)c(N)c1C(=O)N1CCC(CO)C1. The van der Waals surface area contributed by atoms with Crippen molar-refractivity contribution in [2.24, 2.45) is 5.92 Å². The largest absolute Gasteiger partial charge is 0.396 e. The fraction of sp³-hybridized carbons (Fsp3) is 0.667. The van der Waals surface area contributed by atoms with Crippen LogP contribution in [0.4, 0.5) is 5.69 Å². The molecule has 0 radical (unpaired) electrons. The highest BCUT2D eigenvalue weighted by atomic mass is 16.3. The first-order valence-electron chi connectivity index (χ1n) is 6.31. The second kappa shape index (κ2) is 4.97. The lowest BCUT2D eigenvalue weighted by Gasteiger charge is -2.17. The van der Waals surface area contributed by atoms with Crippen molar-refractivity contribution in [1.82, 2.24) is 14.7 Å². The van der Waals surface area contributed by atoms with Crippen molar-refractivity contribution in [2.75, 3.05) is 25.4 Å². The number of anilines is 1. The average Bonchev–Trinajstić information content (AvgIpc) is 2.95. The van der Waals surface area contributed by atoms with E-state index in [1.807, 2.05) is 6.92 Å². The van der Waals surface area contributed by atoms with Gasteiger partial charge in [-0.1, -0.05) is 0 Å². The second-order valence-corrected chi connectivity index (χ2v) is 4.75. The van der Waals surface area contributed by atoms with Gasteiger partial charge in [-0.3, -0.25) is 9.48 Å². The Morgan fingerprint density at radius 2 is 2.33 bits per heavy atom. The molecule has 0 spiro atoms. The Kier molecular flexibility index (Phi) is 3.56. The summed E-state index contributed by atoms with van der Waals surface area (Å²) in [7, 11) is 0. The molecule has 1 unspecified atom stereocenters. The minimum atomic E-state index is -0.0779. The van der Waals surface area contributed by atoms with Crippen molar-refractivity contribution < 1.29 is 9.90 Å². The lowest BCUT2D eigenvalue weighted by atomic mass is 10.1. The van der Waals surface area contributed by atoms with Crippen LogP contribution in [0, 0.1) is 12.8 Å². The maximum atomic E-state index is 12.4. The van der Waals surface area contributed by atoms with Gasteiger partial charge >= 0.3 is 0 Å². The molecule has 100 valence electrons. The molecule has 1 aromatic heterocycles. The van der Waals surface area contributed by atoms with E-state index in [-0.39, 0.29) is 18.4 Å². The standard InChI is InChI=1S/C12H20N4O2/c1-3-16-11(10(13)8(2)14-16)12(18)15-5-4-9(6-15)7-17/h9,17H,3-7,13H2,1-2H3. The summed E-state index contributed by atoms with van der Waals surface area (Å²) in [6.45, 7) is 5.77. The van der Waals surface area contributed by atoms with Crippen LogP contribution >= 0.6 is 0 Å². The van der Waals surface area contributed by atoms with Gasteiger partial charge in [0.1, 0.15) is 5.69 Å². The van der Waals surface area contributed by atoms with E-state index < -0.39 is 0 Å². The molecule has 6 nitrogen and oxygen atoms in total. The van der Waals surface area contributed by atoms with Gasteiger partial charge in [0.15, 0.2) is 0 Å². The van der Waals surface area contributed by atoms with Gasteiger partial charge in [-0.15, -0.1) is 0 Å². The number of hydrogen-bond acceptors (Lipinski definition) is 4. The summed E-state index contributed by atoms with van der Waals surface area (Å²) in [6.07, 6.45) is 0.849. The number of hydrogen-bond donors (Lipinski definition) is 2. The molecule has 1 aromatic rings. The third-order valence-electron chi connectivity index (χ3n) is 3.51. The summed E-state index contributed by atoms with van der Waals surface area (Å²) in [4.78, 5) is 14.2. The number of rotatable bonds is 3. The summed E-state index contributed by atoms with van der Waals surface area (Å²) in [5.74, 6) is 0.111. The van der Waals surface area contributed by atoms with E-state index in [9.17, 15) is 4.79 Å². The Morgan fingerprint density at radius 3 is 2.89 bits per heavy atom. The molecule has 1 atom stereocenters. The zero-order valence-corrected chi connectivity index (χ0v) is 10.9. The van der Waals surface area contributed by atoms with E-state index in [1.54, 1.807) is 16.5 Å². The number of aromatic nitrogens is 2. The molecule has 0 aromatic carbocycles. The van der Waals surface area contributed by atoms with Crippen molar-refractivity contribution in [1.29, 1.82) is 0 Å². The summed E-state index contributed by atoms with van der Waals surface area (Å²) in [5.41, 5.74) is 7.57. The average molecular weight is 252 g/mol. The summed E-state index contributed by atoms with van der Waals surface area (Å²) < 4.78 is 1.65. The highest BCUT2D eigenvalue weighted by Crippen LogP contribution is 2.22. The van der Waals surface area contributed by atoms with Crippen molar-refractivity contribution in [3.8, 4) is 0 Å². The molecule has 3 N–H and O–H groups in total. The molecule has 0 bridgehead atoms. The number of nitrogens with zero attached hydrogens (tertiary/aromatic N) is 3. The first-order chi connectivity index (χ1) is 8.58. The van der Waals surface area contributed by atoms with E-state index >= 15 is 0 Å². The van der Waals surface area contributed by atoms with Gasteiger partial charge in [0.25, 0.3) is 5.91 Å². The van der Waals surface area contributed by atoms with Crippen molar-refractivity contribution in [2.45, 2.75) is 26.8 Å². The number of nitrogen functional groups attached to an aromatic ring is 1. The van der Waals surface area contributed by atoms with Crippen molar-refractivity contribution in [3.63, 3.8) is 0 Å². The first kappa shape index (κ1) is 12.9. The molecule has 18 heavy (non-hydrogen) atoms. The Labute approximate surface area is 106 Å².